The van der Waals surface area contributed by atoms with Gasteiger partial charge in [-0.1, -0.05) is 60.3 Å². The van der Waals surface area contributed by atoms with Crippen LogP contribution in [0.15, 0.2) is 60.7 Å². The van der Waals surface area contributed by atoms with E-state index in [-0.39, 0.29) is 16.3 Å². The van der Waals surface area contributed by atoms with Crippen LogP contribution in [0.4, 0.5) is 5.69 Å². The fourth-order valence-electron chi connectivity index (χ4n) is 2.11. The highest BCUT2D eigenvalue weighted by Gasteiger charge is 2.38. The van der Waals surface area contributed by atoms with E-state index in [4.69, 9.17) is 5.41 Å². The Morgan fingerprint density at radius 1 is 0.947 bits per heavy atom. The number of para-hydroxylation sites is 1. The van der Waals surface area contributed by atoms with Crippen molar-refractivity contribution in [3.8, 4) is 0 Å². The largest absolute Gasteiger partial charge is 0.290 e. The number of carbonyl (C=O) groups is 1. The molecule has 19 heavy (non-hydrogen) atoms. The number of thioether (sulfide) groups is 1. The summed E-state index contributed by atoms with van der Waals surface area (Å²) in [6.45, 7) is 0. The van der Waals surface area contributed by atoms with E-state index in [2.05, 4.69) is 0 Å². The molecular formula is C15H12N2OS. The summed E-state index contributed by atoms with van der Waals surface area (Å²) >= 11 is 1.29. The third-order valence-electron chi connectivity index (χ3n) is 3.00. The molecule has 0 radical (unpaired) electrons. The molecule has 1 unspecified atom stereocenters. The first-order valence-corrected chi connectivity index (χ1v) is 6.84. The van der Waals surface area contributed by atoms with Gasteiger partial charge in [0, 0.05) is 5.69 Å². The molecule has 2 aromatic carbocycles. The average molecular weight is 268 g/mol. The number of benzene rings is 2. The lowest BCUT2D eigenvalue weighted by Crippen LogP contribution is -2.29. The molecule has 2 aromatic rings. The molecule has 4 heteroatoms. The zero-order chi connectivity index (χ0) is 13.2. The zero-order valence-corrected chi connectivity index (χ0v) is 10.9. The van der Waals surface area contributed by atoms with Crippen LogP contribution in [0.25, 0.3) is 0 Å². The molecular weight excluding hydrogens is 256 g/mol. The fourth-order valence-corrected chi connectivity index (χ4v) is 3.15. The van der Waals surface area contributed by atoms with Gasteiger partial charge in [0.15, 0.2) is 5.04 Å². The maximum absolute atomic E-state index is 12.2. The highest BCUT2D eigenvalue weighted by molar-refractivity contribution is 8.16. The van der Waals surface area contributed by atoms with Crippen molar-refractivity contribution in [2.75, 3.05) is 4.90 Å². The van der Waals surface area contributed by atoms with Gasteiger partial charge in [0.2, 0.25) is 0 Å². The van der Waals surface area contributed by atoms with Crippen molar-refractivity contribution < 1.29 is 4.79 Å². The number of carbonyl (C=O) groups excluding carboxylic acids is 1. The molecule has 0 aliphatic carbocycles. The first-order valence-electron chi connectivity index (χ1n) is 5.96. The third kappa shape index (κ3) is 2.15. The van der Waals surface area contributed by atoms with Crippen molar-refractivity contribution in [1.82, 2.24) is 0 Å². The summed E-state index contributed by atoms with van der Waals surface area (Å²) in [6.07, 6.45) is 0. The van der Waals surface area contributed by atoms with E-state index in [9.17, 15) is 4.79 Å². The Bertz CT molecular complexity index is 613. The van der Waals surface area contributed by atoms with Gasteiger partial charge in [0.05, 0.1) is 0 Å². The Morgan fingerprint density at radius 2 is 1.53 bits per heavy atom. The van der Waals surface area contributed by atoms with E-state index >= 15 is 0 Å². The van der Waals surface area contributed by atoms with Gasteiger partial charge in [-0.05, 0) is 17.7 Å². The zero-order valence-electron chi connectivity index (χ0n) is 10.1. The van der Waals surface area contributed by atoms with Crippen LogP contribution in [0.3, 0.4) is 0 Å². The van der Waals surface area contributed by atoms with Crippen molar-refractivity contribution in [2.45, 2.75) is 5.37 Å². The van der Waals surface area contributed by atoms with Gasteiger partial charge in [0.1, 0.15) is 5.37 Å². The molecule has 1 N–H and O–H groups in total. The van der Waals surface area contributed by atoms with Gasteiger partial charge >= 0.3 is 0 Å². The van der Waals surface area contributed by atoms with Crippen LogP contribution in [0, 0.1) is 5.41 Å². The summed E-state index contributed by atoms with van der Waals surface area (Å²) in [6, 6.07) is 19.3. The van der Waals surface area contributed by atoms with Gasteiger partial charge in [-0.15, -0.1) is 0 Å². The van der Waals surface area contributed by atoms with Crippen LogP contribution in [-0.2, 0) is 4.79 Å². The van der Waals surface area contributed by atoms with E-state index in [1.807, 2.05) is 60.7 Å². The molecule has 3 rings (SSSR count). The van der Waals surface area contributed by atoms with Crippen molar-refractivity contribution in [3.05, 3.63) is 66.2 Å². The second kappa shape index (κ2) is 4.90. The average Bonchev–Trinajstić information content (AvgIpc) is 2.77. The predicted octanol–water partition coefficient (Wildman–Crippen LogP) is 3.44. The number of amides is 1. The minimum absolute atomic E-state index is 0.0951. The molecule has 1 atom stereocenters. The molecule has 0 aromatic heterocycles. The molecule has 3 nitrogen and oxygen atoms in total. The maximum atomic E-state index is 12.2. The van der Waals surface area contributed by atoms with Gasteiger partial charge < -0.3 is 0 Å². The monoisotopic (exact) mass is 268 g/mol. The summed E-state index contributed by atoms with van der Waals surface area (Å²) in [7, 11) is 0. The van der Waals surface area contributed by atoms with Crippen LogP contribution in [0.2, 0.25) is 0 Å². The number of nitrogens with zero attached hydrogens (tertiary/aromatic N) is 1. The van der Waals surface area contributed by atoms with Crippen molar-refractivity contribution in [2.24, 2.45) is 0 Å². The number of hydrogen-bond acceptors (Lipinski definition) is 3. The Labute approximate surface area is 115 Å². The lowest BCUT2D eigenvalue weighted by atomic mass is 10.2. The van der Waals surface area contributed by atoms with Gasteiger partial charge in [0.25, 0.3) is 5.91 Å². The van der Waals surface area contributed by atoms with Crippen LogP contribution in [0.5, 0.6) is 0 Å². The van der Waals surface area contributed by atoms with Crippen LogP contribution < -0.4 is 4.90 Å². The minimum atomic E-state index is -0.231. The predicted molar refractivity (Wildman–Crippen MR) is 78.4 cm³/mol. The molecule has 0 spiro atoms. The standard InChI is InChI=1S/C15H12N2OS/c16-13-14(18)17(12-9-5-2-6-10-12)15(19-13)11-7-3-1-4-8-11/h1-10,15-16H. The second-order valence-electron chi connectivity index (χ2n) is 4.22. The van der Waals surface area contributed by atoms with Crippen molar-refractivity contribution >= 4 is 28.4 Å². The van der Waals surface area contributed by atoms with Crippen LogP contribution in [-0.4, -0.2) is 11.0 Å². The number of nitrogens with one attached hydrogen (secondary N) is 1. The number of rotatable bonds is 2. The van der Waals surface area contributed by atoms with E-state index in [1.54, 1.807) is 4.90 Å². The molecule has 94 valence electrons. The normalized spacial score (nSPS) is 18.9. The molecule has 1 fully saturated rings. The Balaban J connectivity index is 2.04. The summed E-state index contributed by atoms with van der Waals surface area (Å²) < 4.78 is 0. The highest BCUT2D eigenvalue weighted by atomic mass is 32.2. The second-order valence-corrected chi connectivity index (χ2v) is 5.31. The quantitative estimate of drug-likeness (QED) is 0.906. The van der Waals surface area contributed by atoms with Crippen LogP contribution >= 0.6 is 11.8 Å². The Morgan fingerprint density at radius 3 is 2.16 bits per heavy atom. The van der Waals surface area contributed by atoms with Crippen molar-refractivity contribution in [1.29, 1.82) is 5.41 Å². The third-order valence-corrected chi connectivity index (χ3v) is 4.11. The molecule has 1 saturated heterocycles. The molecule has 1 heterocycles. The molecule has 1 aliphatic heterocycles. The van der Waals surface area contributed by atoms with E-state index in [0.29, 0.717) is 0 Å². The van der Waals surface area contributed by atoms with Crippen molar-refractivity contribution in [3.63, 3.8) is 0 Å². The molecule has 0 bridgehead atoms. The lowest BCUT2D eigenvalue weighted by molar-refractivity contribution is -0.112. The summed E-state index contributed by atoms with van der Waals surface area (Å²) in [5, 5.41) is 7.73. The summed E-state index contributed by atoms with van der Waals surface area (Å²) in [5.74, 6) is -0.231. The number of hydrogen-bond donors (Lipinski definition) is 1. The van der Waals surface area contributed by atoms with Gasteiger partial charge in [-0.3, -0.25) is 15.1 Å². The van der Waals surface area contributed by atoms with Gasteiger partial charge in [-0.2, -0.15) is 0 Å². The fraction of sp³-hybridized carbons (Fsp3) is 0.0667. The molecule has 1 amide bonds. The first kappa shape index (κ1) is 12.0. The van der Waals surface area contributed by atoms with E-state index in [1.165, 1.54) is 11.8 Å². The van der Waals surface area contributed by atoms with Gasteiger partial charge in [-0.25, -0.2) is 0 Å². The summed E-state index contributed by atoms with van der Waals surface area (Å²) in [4.78, 5) is 13.9. The first-order chi connectivity index (χ1) is 9.27. The van der Waals surface area contributed by atoms with E-state index < -0.39 is 0 Å². The highest BCUT2D eigenvalue weighted by Crippen LogP contribution is 2.42. The maximum Gasteiger partial charge on any atom is 0.284 e. The topological polar surface area (TPSA) is 44.2 Å². The smallest absolute Gasteiger partial charge is 0.284 e. The Kier molecular flexibility index (Phi) is 3.09. The number of anilines is 1. The molecule has 1 aliphatic rings. The lowest BCUT2D eigenvalue weighted by Gasteiger charge is -2.23. The minimum Gasteiger partial charge on any atom is -0.290 e. The molecule has 0 saturated carbocycles. The van der Waals surface area contributed by atoms with Crippen LogP contribution in [0.1, 0.15) is 10.9 Å². The summed E-state index contributed by atoms with van der Waals surface area (Å²) in [5.41, 5.74) is 1.86. The SMILES string of the molecule is N=C1SC(c2ccccc2)N(c2ccccc2)C1=O. The Hall–Kier alpha value is -2.07. The van der Waals surface area contributed by atoms with E-state index in [0.717, 1.165) is 11.3 Å².